The zero-order chi connectivity index (χ0) is 15.0. The normalized spacial score (nSPS) is 32.4. The van der Waals surface area contributed by atoms with E-state index in [1.165, 1.54) is 12.3 Å². The molecular weight excluding hydrogens is 275 g/mol. The number of nitrogens with zero attached hydrogens (tertiary/aromatic N) is 3. The molecule has 0 spiro atoms. The van der Waals surface area contributed by atoms with Gasteiger partial charge in [-0.1, -0.05) is 0 Å². The molecule has 0 unspecified atom stereocenters. The van der Waals surface area contributed by atoms with Gasteiger partial charge in [0.15, 0.2) is 0 Å². The summed E-state index contributed by atoms with van der Waals surface area (Å²) < 4.78 is 0. The van der Waals surface area contributed by atoms with E-state index in [0.29, 0.717) is 25.9 Å². The molecule has 3 saturated heterocycles. The van der Waals surface area contributed by atoms with Crippen LogP contribution in [0.25, 0.3) is 0 Å². The van der Waals surface area contributed by atoms with Crippen LogP contribution in [-0.4, -0.2) is 83.3 Å². The predicted molar refractivity (Wildman–Crippen MR) is 73.2 cm³/mol. The zero-order valence-electron chi connectivity index (χ0n) is 11.6. The van der Waals surface area contributed by atoms with Gasteiger partial charge < -0.3 is 19.8 Å². The van der Waals surface area contributed by atoms with Crippen LogP contribution in [0.15, 0.2) is 0 Å². The lowest BCUT2D eigenvalue weighted by atomic mass is 9.96. The molecule has 0 aromatic rings. The highest BCUT2D eigenvalue weighted by Crippen LogP contribution is 2.28. The molecule has 2 bridgehead atoms. The topological polar surface area (TPSA) is 93.2 Å². The third-order valence-corrected chi connectivity index (χ3v) is 4.48. The summed E-state index contributed by atoms with van der Waals surface area (Å²) in [5, 5.41) is 13.3. The lowest BCUT2D eigenvalue weighted by molar-refractivity contribution is -0.126. The smallest absolute Gasteiger partial charge is 0.344 e. The van der Waals surface area contributed by atoms with Crippen molar-refractivity contribution >= 4 is 25.5 Å². The van der Waals surface area contributed by atoms with Gasteiger partial charge in [0.2, 0.25) is 5.91 Å². The minimum absolute atomic E-state index is 0.00522. The quantitative estimate of drug-likeness (QED) is 0.379. The van der Waals surface area contributed by atoms with E-state index in [1.54, 1.807) is 0 Å². The van der Waals surface area contributed by atoms with Crippen molar-refractivity contribution in [1.29, 1.82) is 0 Å². The summed E-state index contributed by atoms with van der Waals surface area (Å²) in [5.74, 6) is -0.171. The van der Waals surface area contributed by atoms with Crippen molar-refractivity contribution in [1.82, 2.24) is 20.1 Å². The predicted octanol–water partition coefficient (Wildman–Crippen LogP) is -1.36. The second kappa shape index (κ2) is 5.65. The van der Waals surface area contributed by atoms with Gasteiger partial charge in [-0.05, 0) is 25.8 Å². The minimum atomic E-state index is -0.505. The molecule has 3 aliphatic rings. The van der Waals surface area contributed by atoms with Crippen molar-refractivity contribution in [2.75, 3.05) is 19.6 Å². The van der Waals surface area contributed by atoms with Crippen molar-refractivity contribution in [3.63, 3.8) is 0 Å². The van der Waals surface area contributed by atoms with E-state index in [9.17, 15) is 19.6 Å². The molecule has 0 aliphatic carbocycles. The molecule has 113 valence electrons. The Morgan fingerprint density at radius 1 is 1.33 bits per heavy atom. The Balaban J connectivity index is 1.57. The summed E-state index contributed by atoms with van der Waals surface area (Å²) in [6.45, 7) is 1.76. The summed E-state index contributed by atoms with van der Waals surface area (Å²) in [7, 11) is 1.48. The first-order chi connectivity index (χ1) is 10.1. The molecule has 1 radical (unpaired) electrons. The molecule has 0 saturated carbocycles. The van der Waals surface area contributed by atoms with Gasteiger partial charge in [-0.25, -0.2) is 9.86 Å². The summed E-state index contributed by atoms with van der Waals surface area (Å²) in [6.07, 6.45) is 2.72. The summed E-state index contributed by atoms with van der Waals surface area (Å²) in [6, 6.07) is -1.19. The van der Waals surface area contributed by atoms with Crippen molar-refractivity contribution in [3.05, 3.63) is 0 Å². The van der Waals surface area contributed by atoms with Crippen LogP contribution < -0.4 is 5.32 Å². The van der Waals surface area contributed by atoms with Gasteiger partial charge in [0.25, 0.3) is 7.41 Å². The van der Waals surface area contributed by atoms with E-state index >= 15 is 0 Å². The van der Waals surface area contributed by atoms with E-state index in [4.69, 9.17) is 0 Å². The Bertz CT molecular complexity index is 463. The fourth-order valence-corrected chi connectivity index (χ4v) is 3.35. The number of rotatable bonds is 4. The highest BCUT2D eigenvalue weighted by Gasteiger charge is 2.47. The number of nitrogens with one attached hydrogen (secondary N) is 1. The number of urea groups is 1. The van der Waals surface area contributed by atoms with E-state index < -0.39 is 12.1 Å². The number of amides is 3. The molecule has 21 heavy (non-hydrogen) atoms. The number of fused-ring (bicyclic) bond motifs is 2. The Morgan fingerprint density at radius 3 is 2.90 bits per heavy atom. The van der Waals surface area contributed by atoms with Gasteiger partial charge in [-0.3, -0.25) is 10.0 Å². The number of piperidine rings is 1. The number of hydrogen-bond acceptors (Lipinski definition) is 5. The minimum Gasteiger partial charge on any atom is -0.350 e. The molecule has 8 nitrogen and oxygen atoms in total. The number of hydrogen-bond donors (Lipinski definition) is 2. The van der Waals surface area contributed by atoms with E-state index in [1.807, 2.05) is 4.81 Å². The van der Waals surface area contributed by atoms with Gasteiger partial charge >= 0.3 is 6.03 Å². The molecule has 3 aliphatic heterocycles. The third-order valence-electron chi connectivity index (χ3n) is 4.48. The van der Waals surface area contributed by atoms with E-state index in [2.05, 4.69) is 5.32 Å². The lowest BCUT2D eigenvalue weighted by Gasteiger charge is -2.30. The Kier molecular flexibility index (Phi) is 3.86. The van der Waals surface area contributed by atoms with Crippen molar-refractivity contribution in [2.45, 2.75) is 37.4 Å². The van der Waals surface area contributed by atoms with E-state index in [-0.39, 0.29) is 18.0 Å². The largest absolute Gasteiger partial charge is 0.350 e. The summed E-state index contributed by atoms with van der Waals surface area (Å²) in [5.41, 5.74) is 0. The van der Waals surface area contributed by atoms with Crippen molar-refractivity contribution in [2.24, 2.45) is 0 Å². The third kappa shape index (κ3) is 2.63. The monoisotopic (exact) mass is 293 g/mol. The highest BCUT2D eigenvalue weighted by atomic mass is 16.5. The molecule has 9 heteroatoms. The number of hydroxylamine groups is 2. The maximum absolute atomic E-state index is 12.4. The average molecular weight is 293 g/mol. The van der Waals surface area contributed by atoms with Crippen LogP contribution in [0.3, 0.4) is 0 Å². The van der Waals surface area contributed by atoms with Crippen LogP contribution in [0.1, 0.15) is 19.3 Å². The first-order valence-electron chi connectivity index (χ1n) is 7.22. The van der Waals surface area contributed by atoms with Crippen LogP contribution in [-0.2, 0) is 9.59 Å². The fourth-order valence-electron chi connectivity index (χ4n) is 3.35. The Morgan fingerprint density at radius 2 is 2.14 bits per heavy atom. The maximum Gasteiger partial charge on any atom is 0.344 e. The van der Waals surface area contributed by atoms with Crippen LogP contribution in [0, 0.1) is 0 Å². The standard InChI is InChI=1S/C12H18BN4O4/c18-7-13-15-4-3-8(5-15)14-11(19)10-2-1-9-6-16(10)12(20)17(9)21/h7-10,21H,1-6H2,(H,14,19)/t8-,9+,10-/m0/s1. The number of carbonyl (C=O) groups excluding carboxylic acids is 3. The van der Waals surface area contributed by atoms with Gasteiger partial charge in [0, 0.05) is 19.1 Å². The second-order valence-corrected chi connectivity index (χ2v) is 5.80. The molecule has 3 rings (SSSR count). The maximum atomic E-state index is 12.4. The van der Waals surface area contributed by atoms with Gasteiger partial charge in [0.1, 0.15) is 6.04 Å². The fraction of sp³-hybridized carbons (Fsp3) is 0.750. The molecule has 3 amide bonds. The average Bonchev–Trinajstić information content (AvgIpc) is 2.99. The second-order valence-electron chi connectivity index (χ2n) is 5.80. The van der Waals surface area contributed by atoms with Crippen molar-refractivity contribution in [3.8, 4) is 0 Å². The first kappa shape index (κ1) is 14.3. The van der Waals surface area contributed by atoms with Gasteiger partial charge in [-0.15, -0.1) is 0 Å². The summed E-state index contributed by atoms with van der Waals surface area (Å²) in [4.78, 5) is 37.9. The lowest BCUT2D eigenvalue weighted by Crippen LogP contribution is -2.52. The molecule has 3 fully saturated rings. The molecular formula is C12H18BN4O4. The van der Waals surface area contributed by atoms with Gasteiger partial charge in [0.05, 0.1) is 12.2 Å². The SMILES string of the molecule is O=C[B]N1CC[C@H](NC(=O)[C@@H]2CC[C@@H]3CN2C(=O)N3O)C1. The zero-order valence-corrected chi connectivity index (χ0v) is 11.6. The molecule has 2 N–H and O–H groups in total. The Labute approximate surface area is 123 Å². The molecule has 0 aromatic carbocycles. The van der Waals surface area contributed by atoms with Crippen molar-refractivity contribution < 1.29 is 19.6 Å². The van der Waals surface area contributed by atoms with Crippen LogP contribution in [0.4, 0.5) is 4.79 Å². The number of carbonyl (C=O) groups is 3. The summed E-state index contributed by atoms with van der Waals surface area (Å²) >= 11 is 0. The molecule has 3 atom stereocenters. The van der Waals surface area contributed by atoms with Gasteiger partial charge in [-0.2, -0.15) is 0 Å². The Hall–Kier alpha value is -1.61. The first-order valence-corrected chi connectivity index (χ1v) is 7.22. The van der Waals surface area contributed by atoms with E-state index in [0.717, 1.165) is 24.2 Å². The highest BCUT2D eigenvalue weighted by molar-refractivity contribution is 6.64. The molecule has 3 heterocycles. The van der Waals surface area contributed by atoms with Crippen LogP contribution in [0.2, 0.25) is 0 Å². The van der Waals surface area contributed by atoms with Crippen LogP contribution in [0.5, 0.6) is 0 Å². The molecule has 0 aromatic heterocycles. The van der Waals surface area contributed by atoms with Crippen LogP contribution >= 0.6 is 0 Å².